The number of esters is 1. The first-order valence-electron chi connectivity index (χ1n) is 8.55. The van der Waals surface area contributed by atoms with Gasteiger partial charge < -0.3 is 9.64 Å². The zero-order valence-corrected chi connectivity index (χ0v) is 18.2. The van der Waals surface area contributed by atoms with Crippen LogP contribution in [0.1, 0.15) is 24.5 Å². The molecule has 1 aliphatic heterocycles. The SMILES string of the molecule is CCc1ccc(/C=C2\SC(=S)N(CCC(=O)OCCN(C)C)C2=O)cc1.Cl. The van der Waals surface area contributed by atoms with Gasteiger partial charge in [0, 0.05) is 13.1 Å². The summed E-state index contributed by atoms with van der Waals surface area (Å²) in [5.41, 5.74) is 2.22. The molecule has 0 saturated carbocycles. The second-order valence-electron chi connectivity index (χ2n) is 6.20. The van der Waals surface area contributed by atoms with Crippen LogP contribution in [0.5, 0.6) is 0 Å². The van der Waals surface area contributed by atoms with Crippen LogP contribution in [-0.4, -0.2) is 59.8 Å². The molecular weight excluding hydrogens is 404 g/mol. The van der Waals surface area contributed by atoms with Crippen molar-refractivity contribution in [3.8, 4) is 0 Å². The third-order valence-corrected chi connectivity index (χ3v) is 5.28. The molecule has 1 fully saturated rings. The summed E-state index contributed by atoms with van der Waals surface area (Å²) in [4.78, 5) is 28.3. The van der Waals surface area contributed by atoms with Gasteiger partial charge in [0.1, 0.15) is 10.9 Å². The van der Waals surface area contributed by atoms with Crippen LogP contribution in [0, 0.1) is 0 Å². The van der Waals surface area contributed by atoms with Gasteiger partial charge in [-0.3, -0.25) is 14.5 Å². The number of hydrogen-bond donors (Lipinski definition) is 0. The van der Waals surface area contributed by atoms with E-state index < -0.39 is 0 Å². The van der Waals surface area contributed by atoms with Crippen LogP contribution in [0.2, 0.25) is 0 Å². The van der Waals surface area contributed by atoms with Crippen molar-refractivity contribution in [2.45, 2.75) is 19.8 Å². The molecule has 0 atom stereocenters. The molecule has 1 saturated heterocycles. The molecule has 0 N–H and O–H groups in total. The van der Waals surface area contributed by atoms with Gasteiger partial charge in [0.25, 0.3) is 5.91 Å². The Labute approximate surface area is 176 Å². The molecule has 0 aromatic heterocycles. The molecule has 0 aliphatic carbocycles. The normalized spacial score (nSPS) is 15.4. The number of amides is 1. The van der Waals surface area contributed by atoms with E-state index in [1.807, 2.05) is 37.2 Å². The first kappa shape index (κ1) is 23.6. The number of ether oxygens (including phenoxy) is 1. The van der Waals surface area contributed by atoms with Crippen molar-refractivity contribution in [1.29, 1.82) is 0 Å². The molecule has 0 spiro atoms. The molecule has 0 bridgehead atoms. The van der Waals surface area contributed by atoms with E-state index in [4.69, 9.17) is 17.0 Å². The molecular formula is C19H25ClN2O3S2. The third-order valence-electron chi connectivity index (χ3n) is 3.90. The fourth-order valence-electron chi connectivity index (χ4n) is 2.31. The van der Waals surface area contributed by atoms with E-state index in [0.717, 1.165) is 12.0 Å². The van der Waals surface area contributed by atoms with E-state index >= 15 is 0 Å². The minimum absolute atomic E-state index is 0. The lowest BCUT2D eigenvalue weighted by atomic mass is 10.1. The van der Waals surface area contributed by atoms with Crippen molar-refractivity contribution < 1.29 is 14.3 Å². The van der Waals surface area contributed by atoms with Crippen molar-refractivity contribution >= 4 is 58.7 Å². The first-order chi connectivity index (χ1) is 12.4. The number of halogens is 1. The second-order valence-corrected chi connectivity index (χ2v) is 7.88. The number of aryl methyl sites for hydroxylation is 1. The van der Waals surface area contributed by atoms with Crippen LogP contribution < -0.4 is 0 Å². The van der Waals surface area contributed by atoms with E-state index in [1.165, 1.54) is 22.2 Å². The van der Waals surface area contributed by atoms with Crippen molar-refractivity contribution in [2.75, 3.05) is 33.8 Å². The highest BCUT2D eigenvalue weighted by molar-refractivity contribution is 8.26. The smallest absolute Gasteiger partial charge is 0.307 e. The van der Waals surface area contributed by atoms with Gasteiger partial charge in [0.15, 0.2) is 0 Å². The monoisotopic (exact) mass is 428 g/mol. The van der Waals surface area contributed by atoms with Gasteiger partial charge >= 0.3 is 5.97 Å². The summed E-state index contributed by atoms with van der Waals surface area (Å²) in [6.07, 6.45) is 2.96. The summed E-state index contributed by atoms with van der Waals surface area (Å²) >= 11 is 6.56. The molecule has 5 nitrogen and oxygen atoms in total. The number of thioether (sulfide) groups is 1. The van der Waals surface area contributed by atoms with Gasteiger partial charge in [-0.15, -0.1) is 12.4 Å². The molecule has 2 rings (SSSR count). The number of thiocarbonyl (C=S) groups is 1. The molecule has 1 aliphatic rings. The lowest BCUT2D eigenvalue weighted by molar-refractivity contribution is -0.144. The van der Waals surface area contributed by atoms with Gasteiger partial charge in [0.05, 0.1) is 11.3 Å². The van der Waals surface area contributed by atoms with Gasteiger partial charge in [-0.05, 0) is 37.7 Å². The molecule has 0 radical (unpaired) electrons. The highest BCUT2D eigenvalue weighted by atomic mass is 35.5. The van der Waals surface area contributed by atoms with Crippen LogP contribution in [0.15, 0.2) is 29.2 Å². The van der Waals surface area contributed by atoms with Crippen LogP contribution in [0.3, 0.4) is 0 Å². The zero-order valence-electron chi connectivity index (χ0n) is 15.8. The number of rotatable bonds is 8. The Morgan fingerprint density at radius 2 is 1.96 bits per heavy atom. The van der Waals surface area contributed by atoms with Gasteiger partial charge in [0.2, 0.25) is 0 Å². The number of carbonyl (C=O) groups is 2. The third kappa shape index (κ3) is 7.25. The maximum atomic E-state index is 12.5. The Morgan fingerprint density at radius 3 is 2.56 bits per heavy atom. The number of benzene rings is 1. The second kappa shape index (κ2) is 11.4. The maximum absolute atomic E-state index is 12.5. The average molecular weight is 429 g/mol. The number of likely N-dealkylation sites (N-methyl/N-ethyl adjacent to an activating group) is 1. The maximum Gasteiger partial charge on any atom is 0.307 e. The van der Waals surface area contributed by atoms with Crippen molar-refractivity contribution in [3.05, 3.63) is 40.3 Å². The topological polar surface area (TPSA) is 49.9 Å². The van der Waals surface area contributed by atoms with E-state index in [0.29, 0.717) is 22.4 Å². The predicted molar refractivity (Wildman–Crippen MR) is 117 cm³/mol. The summed E-state index contributed by atoms with van der Waals surface area (Å²) in [7, 11) is 3.83. The summed E-state index contributed by atoms with van der Waals surface area (Å²) in [5, 5.41) is 0. The minimum atomic E-state index is -0.319. The fourth-order valence-corrected chi connectivity index (χ4v) is 3.62. The molecule has 8 heteroatoms. The molecule has 148 valence electrons. The highest BCUT2D eigenvalue weighted by Gasteiger charge is 2.32. The number of carbonyl (C=O) groups excluding carboxylic acids is 2. The number of nitrogens with zero attached hydrogens (tertiary/aromatic N) is 2. The van der Waals surface area contributed by atoms with Crippen molar-refractivity contribution in [2.24, 2.45) is 0 Å². The lowest BCUT2D eigenvalue weighted by Crippen LogP contribution is -2.31. The Morgan fingerprint density at radius 1 is 1.30 bits per heavy atom. The fraction of sp³-hybridized carbons (Fsp3) is 0.421. The molecule has 1 aromatic rings. The lowest BCUT2D eigenvalue weighted by Gasteiger charge is -2.14. The first-order valence-corrected chi connectivity index (χ1v) is 9.78. The Kier molecular flexibility index (Phi) is 10.0. The summed E-state index contributed by atoms with van der Waals surface area (Å²) in [6.45, 7) is 3.37. The Hall–Kier alpha value is -1.41. The van der Waals surface area contributed by atoms with Crippen molar-refractivity contribution in [3.63, 3.8) is 0 Å². The number of hydrogen-bond acceptors (Lipinski definition) is 6. The molecule has 27 heavy (non-hydrogen) atoms. The van der Waals surface area contributed by atoms with Crippen LogP contribution >= 0.6 is 36.4 Å². The van der Waals surface area contributed by atoms with Crippen LogP contribution in [0.25, 0.3) is 6.08 Å². The molecule has 0 unspecified atom stereocenters. The Balaban J connectivity index is 0.00000364. The van der Waals surface area contributed by atoms with Crippen LogP contribution in [-0.2, 0) is 20.7 Å². The van der Waals surface area contributed by atoms with Crippen molar-refractivity contribution in [1.82, 2.24) is 9.80 Å². The van der Waals surface area contributed by atoms with Gasteiger partial charge in [-0.2, -0.15) is 0 Å². The molecule has 1 aromatic carbocycles. The largest absolute Gasteiger partial charge is 0.464 e. The van der Waals surface area contributed by atoms with E-state index in [-0.39, 0.29) is 37.2 Å². The van der Waals surface area contributed by atoms with E-state index in [2.05, 4.69) is 19.1 Å². The van der Waals surface area contributed by atoms with Gasteiger partial charge in [-0.1, -0.05) is 55.2 Å². The standard InChI is InChI=1S/C19H24N2O3S2.ClH/c1-4-14-5-7-15(8-6-14)13-16-18(23)21(19(25)26-16)10-9-17(22)24-12-11-20(2)3;/h5-8,13H,4,9-12H2,1-3H3;1H/b16-13-;. The summed E-state index contributed by atoms with van der Waals surface area (Å²) < 4.78 is 5.62. The minimum Gasteiger partial charge on any atom is -0.464 e. The molecule has 1 heterocycles. The zero-order chi connectivity index (χ0) is 19.1. The quantitative estimate of drug-likeness (QED) is 0.359. The van der Waals surface area contributed by atoms with Crippen LogP contribution in [0.4, 0.5) is 0 Å². The van der Waals surface area contributed by atoms with E-state index in [1.54, 1.807) is 0 Å². The Bertz CT molecular complexity index is 705. The average Bonchev–Trinajstić information content (AvgIpc) is 2.87. The molecule has 1 amide bonds. The predicted octanol–water partition coefficient (Wildman–Crippen LogP) is 3.37. The summed E-state index contributed by atoms with van der Waals surface area (Å²) in [6, 6.07) is 8.09. The highest BCUT2D eigenvalue weighted by Crippen LogP contribution is 2.32. The summed E-state index contributed by atoms with van der Waals surface area (Å²) in [5.74, 6) is -0.472. The van der Waals surface area contributed by atoms with E-state index in [9.17, 15) is 9.59 Å². The van der Waals surface area contributed by atoms with Gasteiger partial charge in [-0.25, -0.2) is 0 Å².